The van der Waals surface area contributed by atoms with E-state index in [0.29, 0.717) is 26.4 Å². The zero-order valence-electron chi connectivity index (χ0n) is 10.3. The number of benzene rings is 1. The first-order chi connectivity index (χ1) is 8.92. The Balaban J connectivity index is 1.92. The van der Waals surface area contributed by atoms with Crippen LogP contribution in [0.2, 0.25) is 0 Å². The van der Waals surface area contributed by atoms with Crippen molar-refractivity contribution in [1.29, 1.82) is 0 Å². The SMILES string of the molecule is c1ccc(C2(C3OCCCO3)OCCCO2)cc1. The minimum Gasteiger partial charge on any atom is -0.347 e. The zero-order valence-corrected chi connectivity index (χ0v) is 10.3. The van der Waals surface area contributed by atoms with Gasteiger partial charge in [0, 0.05) is 5.56 Å². The van der Waals surface area contributed by atoms with Crippen LogP contribution in [0.3, 0.4) is 0 Å². The molecule has 0 aromatic heterocycles. The predicted octanol–water partition coefficient (Wildman–Crippen LogP) is 2.04. The molecule has 2 fully saturated rings. The van der Waals surface area contributed by atoms with Crippen LogP contribution in [0.1, 0.15) is 18.4 Å². The Kier molecular flexibility index (Phi) is 3.61. The van der Waals surface area contributed by atoms with Crippen molar-refractivity contribution in [3.05, 3.63) is 35.9 Å². The summed E-state index contributed by atoms with van der Waals surface area (Å²) in [7, 11) is 0. The van der Waals surface area contributed by atoms with Crippen molar-refractivity contribution < 1.29 is 18.9 Å². The summed E-state index contributed by atoms with van der Waals surface area (Å²) in [6, 6.07) is 9.91. The first-order valence-electron chi connectivity index (χ1n) is 6.48. The molecule has 0 bridgehead atoms. The highest BCUT2D eigenvalue weighted by atomic mass is 16.8. The standard InChI is InChI=1S/C14H18O4/c1-2-6-12(7-3-1)14(17-10-5-11-18-14)13-15-8-4-9-16-13/h1-3,6-7,13H,4-5,8-11H2. The molecule has 98 valence electrons. The van der Waals surface area contributed by atoms with Gasteiger partial charge in [-0.25, -0.2) is 0 Å². The molecule has 4 nitrogen and oxygen atoms in total. The molecule has 0 atom stereocenters. The van der Waals surface area contributed by atoms with Crippen molar-refractivity contribution >= 4 is 0 Å². The number of ether oxygens (including phenoxy) is 4. The summed E-state index contributed by atoms with van der Waals surface area (Å²) in [5.74, 6) is -0.903. The van der Waals surface area contributed by atoms with Gasteiger partial charge in [-0.2, -0.15) is 0 Å². The molecule has 18 heavy (non-hydrogen) atoms. The predicted molar refractivity (Wildman–Crippen MR) is 65.0 cm³/mol. The summed E-state index contributed by atoms with van der Waals surface area (Å²) in [5, 5.41) is 0. The van der Waals surface area contributed by atoms with Crippen LogP contribution in [0.5, 0.6) is 0 Å². The van der Waals surface area contributed by atoms with E-state index in [1.165, 1.54) is 0 Å². The number of hydrogen-bond acceptors (Lipinski definition) is 4. The van der Waals surface area contributed by atoms with Gasteiger partial charge in [-0.1, -0.05) is 30.3 Å². The van der Waals surface area contributed by atoms with Gasteiger partial charge in [0.05, 0.1) is 26.4 Å². The molecule has 0 spiro atoms. The van der Waals surface area contributed by atoms with Crippen molar-refractivity contribution in [3.8, 4) is 0 Å². The summed E-state index contributed by atoms with van der Waals surface area (Å²) in [6.45, 7) is 2.70. The highest BCUT2D eigenvalue weighted by Gasteiger charge is 2.47. The average Bonchev–Trinajstić information content (AvgIpc) is 2.50. The van der Waals surface area contributed by atoms with E-state index in [0.717, 1.165) is 18.4 Å². The molecular weight excluding hydrogens is 232 g/mol. The van der Waals surface area contributed by atoms with Crippen LogP contribution in [0.4, 0.5) is 0 Å². The van der Waals surface area contributed by atoms with Crippen LogP contribution >= 0.6 is 0 Å². The maximum atomic E-state index is 5.92. The molecule has 2 saturated heterocycles. The van der Waals surface area contributed by atoms with Crippen LogP contribution in [0.25, 0.3) is 0 Å². The first kappa shape index (κ1) is 12.1. The summed E-state index contributed by atoms with van der Waals surface area (Å²) < 4.78 is 23.2. The Morgan fingerprint density at radius 3 is 2.11 bits per heavy atom. The average molecular weight is 250 g/mol. The highest BCUT2D eigenvalue weighted by Crippen LogP contribution is 2.37. The van der Waals surface area contributed by atoms with Crippen molar-refractivity contribution in [2.75, 3.05) is 26.4 Å². The van der Waals surface area contributed by atoms with Gasteiger partial charge in [0.15, 0.2) is 0 Å². The van der Waals surface area contributed by atoms with E-state index in [1.807, 2.05) is 30.3 Å². The van der Waals surface area contributed by atoms with Gasteiger partial charge in [-0.3, -0.25) is 0 Å². The van der Waals surface area contributed by atoms with E-state index < -0.39 is 12.1 Å². The molecule has 0 amide bonds. The number of hydrogen-bond donors (Lipinski definition) is 0. The third kappa shape index (κ3) is 2.17. The molecule has 1 aromatic carbocycles. The fraction of sp³-hybridized carbons (Fsp3) is 0.571. The second kappa shape index (κ2) is 5.36. The Morgan fingerprint density at radius 1 is 0.833 bits per heavy atom. The van der Waals surface area contributed by atoms with Gasteiger partial charge in [0.1, 0.15) is 0 Å². The summed E-state index contributed by atoms with van der Waals surface area (Å²) in [6.07, 6.45) is 1.34. The lowest BCUT2D eigenvalue weighted by atomic mass is 10.0. The van der Waals surface area contributed by atoms with E-state index in [-0.39, 0.29) is 0 Å². The van der Waals surface area contributed by atoms with Crippen molar-refractivity contribution in [1.82, 2.24) is 0 Å². The van der Waals surface area contributed by atoms with Gasteiger partial charge < -0.3 is 18.9 Å². The van der Waals surface area contributed by atoms with E-state index in [1.54, 1.807) is 0 Å². The largest absolute Gasteiger partial charge is 0.347 e. The molecule has 0 radical (unpaired) electrons. The Morgan fingerprint density at radius 2 is 1.44 bits per heavy atom. The summed E-state index contributed by atoms with van der Waals surface area (Å²) in [4.78, 5) is 0. The van der Waals surface area contributed by atoms with Gasteiger partial charge in [0.25, 0.3) is 0 Å². The van der Waals surface area contributed by atoms with Gasteiger partial charge in [-0.15, -0.1) is 0 Å². The highest BCUT2D eigenvalue weighted by molar-refractivity contribution is 5.21. The van der Waals surface area contributed by atoms with E-state index >= 15 is 0 Å². The Hall–Kier alpha value is -0.940. The van der Waals surface area contributed by atoms with Crippen LogP contribution in [-0.2, 0) is 24.7 Å². The fourth-order valence-corrected chi connectivity index (χ4v) is 2.36. The summed E-state index contributed by atoms with van der Waals surface area (Å²) in [5.41, 5.74) is 0.955. The van der Waals surface area contributed by atoms with Gasteiger partial charge in [0.2, 0.25) is 12.1 Å². The third-order valence-electron chi connectivity index (χ3n) is 3.24. The van der Waals surface area contributed by atoms with Crippen molar-refractivity contribution in [2.24, 2.45) is 0 Å². The second-order valence-electron chi connectivity index (χ2n) is 4.51. The number of rotatable bonds is 2. The molecule has 0 N–H and O–H groups in total. The zero-order chi connectivity index (χ0) is 12.3. The lowest BCUT2D eigenvalue weighted by Gasteiger charge is -2.43. The molecule has 0 aliphatic carbocycles. The van der Waals surface area contributed by atoms with E-state index in [2.05, 4.69) is 0 Å². The van der Waals surface area contributed by atoms with Crippen LogP contribution in [0.15, 0.2) is 30.3 Å². The maximum absolute atomic E-state index is 5.92. The minimum atomic E-state index is -0.903. The quantitative estimate of drug-likeness (QED) is 0.805. The van der Waals surface area contributed by atoms with Gasteiger partial charge in [-0.05, 0) is 12.8 Å². The Bertz CT molecular complexity index is 367. The lowest BCUT2D eigenvalue weighted by Crippen LogP contribution is -2.51. The topological polar surface area (TPSA) is 36.9 Å². The van der Waals surface area contributed by atoms with Crippen molar-refractivity contribution in [2.45, 2.75) is 24.9 Å². The molecule has 4 heteroatoms. The lowest BCUT2D eigenvalue weighted by molar-refractivity contribution is -0.388. The summed E-state index contributed by atoms with van der Waals surface area (Å²) >= 11 is 0. The molecule has 0 saturated carbocycles. The normalized spacial score (nSPS) is 24.9. The molecule has 2 aliphatic heterocycles. The fourth-order valence-electron chi connectivity index (χ4n) is 2.36. The molecule has 1 aromatic rings. The Labute approximate surface area is 107 Å². The monoisotopic (exact) mass is 250 g/mol. The molecule has 3 rings (SSSR count). The molecule has 2 aliphatic rings. The smallest absolute Gasteiger partial charge is 0.248 e. The molecular formula is C14H18O4. The molecule has 2 heterocycles. The van der Waals surface area contributed by atoms with E-state index in [4.69, 9.17) is 18.9 Å². The second-order valence-corrected chi connectivity index (χ2v) is 4.51. The van der Waals surface area contributed by atoms with E-state index in [9.17, 15) is 0 Å². The van der Waals surface area contributed by atoms with Crippen LogP contribution < -0.4 is 0 Å². The third-order valence-corrected chi connectivity index (χ3v) is 3.24. The maximum Gasteiger partial charge on any atom is 0.248 e. The van der Waals surface area contributed by atoms with Crippen molar-refractivity contribution in [3.63, 3.8) is 0 Å². The molecule has 0 unspecified atom stereocenters. The minimum absolute atomic E-state index is 0.478. The van der Waals surface area contributed by atoms with Gasteiger partial charge >= 0.3 is 0 Å². The van der Waals surface area contributed by atoms with Crippen LogP contribution in [0, 0.1) is 0 Å². The van der Waals surface area contributed by atoms with Crippen LogP contribution in [-0.4, -0.2) is 32.7 Å². The first-order valence-corrected chi connectivity index (χ1v) is 6.48.